The molecule has 2 aromatic heterocycles. The van der Waals surface area contributed by atoms with Crippen molar-refractivity contribution in [1.29, 1.82) is 0 Å². The van der Waals surface area contributed by atoms with Gasteiger partial charge in [0.2, 0.25) is 0 Å². The van der Waals surface area contributed by atoms with Crippen LogP contribution in [0.25, 0.3) is 22.5 Å². The second-order valence-electron chi connectivity index (χ2n) is 5.82. The van der Waals surface area contributed by atoms with Gasteiger partial charge in [0.1, 0.15) is 11.4 Å². The van der Waals surface area contributed by atoms with Gasteiger partial charge in [-0.25, -0.2) is 4.68 Å². The van der Waals surface area contributed by atoms with Crippen LogP contribution < -0.4 is 4.74 Å². The average molecular weight is 330 g/mol. The van der Waals surface area contributed by atoms with Gasteiger partial charge in [-0.05, 0) is 41.5 Å². The fraction of sp³-hybridized carbons (Fsp3) is 0.100. The molecule has 0 aliphatic heterocycles. The van der Waals surface area contributed by atoms with Crippen molar-refractivity contribution in [3.8, 4) is 28.3 Å². The molecule has 0 aliphatic carbocycles. The molecule has 0 aliphatic rings. The molecule has 2 aromatic carbocycles. The third-order valence-corrected chi connectivity index (χ3v) is 4.11. The second-order valence-corrected chi connectivity index (χ2v) is 5.82. The fourth-order valence-corrected chi connectivity index (χ4v) is 2.76. The topological polar surface area (TPSA) is 55.7 Å². The lowest BCUT2D eigenvalue weighted by Crippen LogP contribution is -1.99. The van der Waals surface area contributed by atoms with E-state index in [-0.39, 0.29) is 0 Å². The van der Waals surface area contributed by atoms with Crippen LogP contribution in [0.1, 0.15) is 5.56 Å². The first-order chi connectivity index (χ1) is 12.3. The van der Waals surface area contributed by atoms with E-state index in [0.717, 1.165) is 28.3 Å². The van der Waals surface area contributed by atoms with Crippen molar-refractivity contribution < 1.29 is 4.74 Å². The minimum atomic E-state index is 0.712. The molecule has 0 saturated heterocycles. The first kappa shape index (κ1) is 15.2. The zero-order valence-corrected chi connectivity index (χ0v) is 13.9. The highest BCUT2D eigenvalue weighted by molar-refractivity contribution is 5.69. The number of hydrogen-bond donors (Lipinski definition) is 1. The van der Waals surface area contributed by atoms with Crippen LogP contribution in [0.15, 0.2) is 73.1 Å². The Balaban J connectivity index is 1.54. The number of ether oxygens (including phenoxy) is 1. The number of hydrogen-bond acceptors (Lipinski definition) is 3. The van der Waals surface area contributed by atoms with Gasteiger partial charge in [-0.1, -0.05) is 35.5 Å². The Bertz CT molecular complexity index is 955. The molecule has 5 nitrogen and oxygen atoms in total. The lowest BCUT2D eigenvalue weighted by Gasteiger charge is -2.01. The maximum Gasteiger partial charge on any atom is 0.118 e. The number of benzene rings is 2. The summed E-state index contributed by atoms with van der Waals surface area (Å²) in [5.41, 5.74) is 5.21. The highest BCUT2D eigenvalue weighted by atomic mass is 16.5. The summed E-state index contributed by atoms with van der Waals surface area (Å²) >= 11 is 0. The van der Waals surface area contributed by atoms with Crippen molar-refractivity contribution in [3.05, 3.63) is 78.6 Å². The summed E-state index contributed by atoms with van der Waals surface area (Å²) in [4.78, 5) is 3.30. The second kappa shape index (κ2) is 6.65. The summed E-state index contributed by atoms with van der Waals surface area (Å²) in [6.07, 6.45) is 3.92. The fourth-order valence-electron chi connectivity index (χ4n) is 2.76. The van der Waals surface area contributed by atoms with Gasteiger partial charge in [0, 0.05) is 17.5 Å². The first-order valence-electron chi connectivity index (χ1n) is 8.09. The van der Waals surface area contributed by atoms with Crippen LogP contribution in [-0.4, -0.2) is 27.1 Å². The molecule has 0 unspecified atom stereocenters. The number of methoxy groups -OCH3 is 1. The van der Waals surface area contributed by atoms with Crippen molar-refractivity contribution >= 4 is 0 Å². The minimum absolute atomic E-state index is 0.712. The summed E-state index contributed by atoms with van der Waals surface area (Å²) in [6.45, 7) is 0.712. The largest absolute Gasteiger partial charge is 0.497 e. The molecule has 0 bridgehead atoms. The van der Waals surface area contributed by atoms with E-state index in [1.165, 1.54) is 5.56 Å². The molecular weight excluding hydrogens is 312 g/mol. The standard InChI is InChI=1S/C20H18N4O/c1-25-18-9-7-16(8-10-18)19-11-17(12-21-19)20-14-24(23-22-20)13-15-5-3-2-4-6-15/h2-12,14,21H,13H2,1H3. The van der Waals surface area contributed by atoms with E-state index in [4.69, 9.17) is 4.74 Å². The van der Waals surface area contributed by atoms with Crippen LogP contribution in [0.4, 0.5) is 0 Å². The molecular formula is C20H18N4O. The number of nitrogens with one attached hydrogen (secondary N) is 1. The quantitative estimate of drug-likeness (QED) is 0.602. The molecule has 0 atom stereocenters. The van der Waals surface area contributed by atoms with E-state index in [0.29, 0.717) is 6.54 Å². The molecule has 0 spiro atoms. The number of aromatic nitrogens is 4. The molecule has 5 heteroatoms. The highest BCUT2D eigenvalue weighted by Gasteiger charge is 2.08. The van der Waals surface area contributed by atoms with E-state index in [1.807, 2.05) is 59.5 Å². The van der Waals surface area contributed by atoms with E-state index in [9.17, 15) is 0 Å². The maximum absolute atomic E-state index is 5.20. The summed E-state index contributed by atoms with van der Waals surface area (Å²) < 4.78 is 7.05. The third kappa shape index (κ3) is 3.30. The smallest absolute Gasteiger partial charge is 0.118 e. The zero-order chi connectivity index (χ0) is 17.1. The predicted octanol–water partition coefficient (Wildman–Crippen LogP) is 4.00. The van der Waals surface area contributed by atoms with Crippen molar-refractivity contribution in [2.24, 2.45) is 0 Å². The summed E-state index contributed by atoms with van der Waals surface area (Å²) in [6, 6.07) is 20.3. The van der Waals surface area contributed by atoms with Gasteiger partial charge < -0.3 is 9.72 Å². The Morgan fingerprint density at radius 3 is 2.56 bits per heavy atom. The van der Waals surface area contributed by atoms with Crippen LogP contribution in [0, 0.1) is 0 Å². The van der Waals surface area contributed by atoms with E-state index in [2.05, 4.69) is 33.5 Å². The molecule has 124 valence electrons. The molecule has 0 radical (unpaired) electrons. The normalized spacial score (nSPS) is 10.8. The van der Waals surface area contributed by atoms with Crippen LogP contribution >= 0.6 is 0 Å². The Kier molecular flexibility index (Phi) is 4.04. The Hall–Kier alpha value is -3.34. The lowest BCUT2D eigenvalue weighted by atomic mass is 10.1. The molecule has 0 saturated carbocycles. The maximum atomic E-state index is 5.20. The molecule has 4 aromatic rings. The number of aromatic amines is 1. The third-order valence-electron chi connectivity index (χ3n) is 4.11. The van der Waals surface area contributed by atoms with Gasteiger partial charge in [-0.3, -0.25) is 0 Å². The number of H-pyrrole nitrogens is 1. The van der Waals surface area contributed by atoms with Crippen molar-refractivity contribution in [2.45, 2.75) is 6.54 Å². The summed E-state index contributed by atoms with van der Waals surface area (Å²) in [7, 11) is 1.67. The molecule has 25 heavy (non-hydrogen) atoms. The Morgan fingerprint density at radius 2 is 1.80 bits per heavy atom. The van der Waals surface area contributed by atoms with Gasteiger partial charge in [0.15, 0.2) is 0 Å². The van der Waals surface area contributed by atoms with Crippen molar-refractivity contribution in [3.63, 3.8) is 0 Å². The number of rotatable bonds is 5. The van der Waals surface area contributed by atoms with E-state index in [1.54, 1.807) is 7.11 Å². The van der Waals surface area contributed by atoms with Gasteiger partial charge in [-0.15, -0.1) is 5.10 Å². The van der Waals surface area contributed by atoms with Gasteiger partial charge in [-0.2, -0.15) is 0 Å². The van der Waals surface area contributed by atoms with Crippen molar-refractivity contribution in [2.75, 3.05) is 7.11 Å². The van der Waals surface area contributed by atoms with Crippen LogP contribution in [0.5, 0.6) is 5.75 Å². The van der Waals surface area contributed by atoms with Gasteiger partial charge in [0.25, 0.3) is 0 Å². The molecule has 0 fully saturated rings. The monoisotopic (exact) mass is 330 g/mol. The average Bonchev–Trinajstić information content (AvgIpc) is 3.32. The molecule has 0 amide bonds. The van der Waals surface area contributed by atoms with Gasteiger partial charge in [0.05, 0.1) is 19.9 Å². The zero-order valence-electron chi connectivity index (χ0n) is 13.9. The van der Waals surface area contributed by atoms with Gasteiger partial charge >= 0.3 is 0 Å². The van der Waals surface area contributed by atoms with Crippen molar-refractivity contribution in [1.82, 2.24) is 20.0 Å². The SMILES string of the molecule is COc1ccc(-c2cc(-c3cn(Cc4ccccc4)nn3)c[nH]2)cc1. The molecule has 4 rings (SSSR count). The highest BCUT2D eigenvalue weighted by Crippen LogP contribution is 2.26. The Labute approximate surface area is 145 Å². The number of nitrogens with zero attached hydrogens (tertiary/aromatic N) is 3. The van der Waals surface area contributed by atoms with E-state index >= 15 is 0 Å². The first-order valence-corrected chi connectivity index (χ1v) is 8.09. The lowest BCUT2D eigenvalue weighted by molar-refractivity contribution is 0.415. The molecule has 2 heterocycles. The van der Waals surface area contributed by atoms with Crippen LogP contribution in [-0.2, 0) is 6.54 Å². The van der Waals surface area contributed by atoms with E-state index < -0.39 is 0 Å². The Morgan fingerprint density at radius 1 is 1.00 bits per heavy atom. The van der Waals surface area contributed by atoms with Crippen LogP contribution in [0.2, 0.25) is 0 Å². The summed E-state index contributed by atoms with van der Waals surface area (Å²) in [5.74, 6) is 0.847. The van der Waals surface area contributed by atoms with Crippen LogP contribution in [0.3, 0.4) is 0 Å². The minimum Gasteiger partial charge on any atom is -0.497 e. The predicted molar refractivity (Wildman–Crippen MR) is 97.3 cm³/mol. The summed E-state index contributed by atoms with van der Waals surface area (Å²) in [5, 5.41) is 8.52. The molecule has 1 N–H and O–H groups in total.